The minimum atomic E-state index is -5.21. The van der Waals surface area contributed by atoms with E-state index in [0.29, 0.717) is 0 Å². The first-order chi connectivity index (χ1) is 12.3. The van der Waals surface area contributed by atoms with Gasteiger partial charge in [0.1, 0.15) is 0 Å². The van der Waals surface area contributed by atoms with E-state index in [2.05, 4.69) is 9.71 Å². The highest BCUT2D eigenvalue weighted by Gasteiger charge is 2.55. The van der Waals surface area contributed by atoms with E-state index < -0.39 is 27.7 Å². The van der Waals surface area contributed by atoms with Crippen LogP contribution in [0.4, 0.5) is 24.5 Å². The van der Waals surface area contributed by atoms with Crippen LogP contribution in [0, 0.1) is 0 Å². The first-order valence-corrected chi connectivity index (χ1v) is 9.03. The lowest BCUT2D eigenvalue weighted by atomic mass is 10.1. The highest BCUT2D eigenvalue weighted by Crippen LogP contribution is 2.32. The van der Waals surface area contributed by atoms with Gasteiger partial charge in [-0.1, -0.05) is 11.6 Å². The topological polar surface area (TPSA) is 108 Å². The van der Waals surface area contributed by atoms with Gasteiger partial charge in [-0.3, -0.25) is 14.5 Å². The molecule has 0 aliphatic heterocycles. The Hall–Kier alpha value is -2.37. The standard InChI is InChI=1S/C15H13ClF3N3O4S/c1-14(24,15(17,18)19)13(23)21-12-3-2-10(8-11(12)16)27(25,26)22-9-4-6-20-7-5-9/h2-8,24H,1H3,(H,20,22)(H,21,23). The molecule has 146 valence electrons. The Bertz CT molecular complexity index is 951. The van der Waals surface area contributed by atoms with Crippen molar-refractivity contribution in [2.45, 2.75) is 23.6 Å². The SMILES string of the molecule is CC(O)(C(=O)Nc1ccc(S(=O)(=O)Nc2ccncc2)cc1Cl)C(F)(F)F. The number of alkyl halides is 3. The number of nitrogens with one attached hydrogen (secondary N) is 2. The van der Waals surface area contributed by atoms with Crippen molar-refractivity contribution in [3.8, 4) is 0 Å². The molecular weight excluding hydrogens is 411 g/mol. The van der Waals surface area contributed by atoms with Crippen LogP contribution in [-0.2, 0) is 14.8 Å². The van der Waals surface area contributed by atoms with Gasteiger partial charge in [0.25, 0.3) is 15.9 Å². The Kier molecular flexibility index (Phi) is 5.68. The molecule has 1 aromatic heterocycles. The first kappa shape index (κ1) is 20.9. The fraction of sp³-hybridized carbons (Fsp3) is 0.200. The molecule has 1 aromatic carbocycles. The number of anilines is 2. The molecule has 1 amide bonds. The summed E-state index contributed by atoms with van der Waals surface area (Å²) in [6.07, 6.45) is -2.46. The Morgan fingerprint density at radius 2 is 1.78 bits per heavy atom. The van der Waals surface area contributed by atoms with Crippen molar-refractivity contribution in [1.29, 1.82) is 0 Å². The average molecular weight is 424 g/mol. The summed E-state index contributed by atoms with van der Waals surface area (Å²) < 4.78 is 64.9. The third-order valence-electron chi connectivity index (χ3n) is 3.43. The lowest BCUT2D eigenvalue weighted by Crippen LogP contribution is -2.52. The van der Waals surface area contributed by atoms with Crippen LogP contribution in [0.2, 0.25) is 5.02 Å². The largest absolute Gasteiger partial charge is 0.426 e. The van der Waals surface area contributed by atoms with Crippen LogP contribution in [0.3, 0.4) is 0 Å². The summed E-state index contributed by atoms with van der Waals surface area (Å²) >= 11 is 5.87. The van der Waals surface area contributed by atoms with E-state index in [1.165, 1.54) is 24.5 Å². The van der Waals surface area contributed by atoms with Crippen LogP contribution in [0.25, 0.3) is 0 Å². The number of sulfonamides is 1. The van der Waals surface area contributed by atoms with Crippen molar-refractivity contribution < 1.29 is 31.5 Å². The van der Waals surface area contributed by atoms with Crippen LogP contribution in [0.1, 0.15) is 6.92 Å². The number of halogens is 4. The number of nitrogens with zero attached hydrogens (tertiary/aromatic N) is 1. The van der Waals surface area contributed by atoms with E-state index in [4.69, 9.17) is 11.6 Å². The quantitative estimate of drug-likeness (QED) is 0.685. The Morgan fingerprint density at radius 3 is 2.30 bits per heavy atom. The zero-order chi connectivity index (χ0) is 20.5. The minimum absolute atomic E-state index is 0.236. The molecule has 0 aliphatic rings. The lowest BCUT2D eigenvalue weighted by Gasteiger charge is -2.25. The molecule has 27 heavy (non-hydrogen) atoms. The maximum atomic E-state index is 12.7. The number of rotatable bonds is 5. The average Bonchev–Trinajstić information content (AvgIpc) is 2.56. The summed E-state index contributed by atoms with van der Waals surface area (Å²) in [5, 5.41) is 10.8. The summed E-state index contributed by atoms with van der Waals surface area (Å²) in [5.74, 6) is -1.76. The van der Waals surface area contributed by atoms with Crippen LogP contribution in [0.5, 0.6) is 0 Å². The second-order valence-corrected chi connectivity index (χ2v) is 7.60. The van der Waals surface area contributed by atoms with E-state index in [-0.39, 0.29) is 28.2 Å². The normalized spacial score (nSPS) is 14.3. The van der Waals surface area contributed by atoms with Crippen molar-refractivity contribution in [3.05, 3.63) is 47.7 Å². The number of hydrogen-bond donors (Lipinski definition) is 3. The number of aliphatic hydroxyl groups is 1. The molecular formula is C15H13ClF3N3O4S. The second-order valence-electron chi connectivity index (χ2n) is 5.51. The zero-order valence-corrected chi connectivity index (χ0v) is 15.2. The molecule has 0 aliphatic carbocycles. The molecule has 1 atom stereocenters. The van der Waals surface area contributed by atoms with E-state index in [1.54, 1.807) is 0 Å². The predicted octanol–water partition coefficient (Wildman–Crippen LogP) is 2.79. The minimum Gasteiger partial charge on any atom is -0.373 e. The van der Waals surface area contributed by atoms with Gasteiger partial charge in [-0.25, -0.2) is 8.42 Å². The molecule has 0 saturated heterocycles. The maximum Gasteiger partial charge on any atom is 0.426 e. The predicted molar refractivity (Wildman–Crippen MR) is 91.8 cm³/mol. The maximum absolute atomic E-state index is 12.7. The zero-order valence-electron chi connectivity index (χ0n) is 13.6. The summed E-state index contributed by atoms with van der Waals surface area (Å²) in [6.45, 7) is 0.285. The number of carbonyl (C=O) groups excluding carboxylic acids is 1. The number of carbonyl (C=O) groups is 1. The highest BCUT2D eigenvalue weighted by molar-refractivity contribution is 7.92. The Labute approximate surface area is 157 Å². The molecule has 2 aromatic rings. The molecule has 7 nitrogen and oxygen atoms in total. The van der Waals surface area contributed by atoms with Crippen LogP contribution >= 0.6 is 11.6 Å². The van der Waals surface area contributed by atoms with E-state index >= 15 is 0 Å². The van der Waals surface area contributed by atoms with Crippen LogP contribution in [-0.4, -0.2) is 36.2 Å². The van der Waals surface area contributed by atoms with Gasteiger partial charge in [-0.15, -0.1) is 0 Å². The molecule has 1 unspecified atom stereocenters. The number of pyridine rings is 1. The molecule has 3 N–H and O–H groups in total. The number of benzene rings is 1. The highest BCUT2D eigenvalue weighted by atomic mass is 35.5. The number of hydrogen-bond acceptors (Lipinski definition) is 5. The van der Waals surface area contributed by atoms with Gasteiger partial charge in [0.2, 0.25) is 5.60 Å². The summed E-state index contributed by atoms with van der Waals surface area (Å²) in [5.41, 5.74) is -3.71. The monoisotopic (exact) mass is 423 g/mol. The molecule has 1 heterocycles. The van der Waals surface area contributed by atoms with Gasteiger partial charge in [0.15, 0.2) is 0 Å². The molecule has 0 saturated carbocycles. The number of aromatic nitrogens is 1. The summed E-state index contributed by atoms with van der Waals surface area (Å²) in [4.78, 5) is 15.1. The lowest BCUT2D eigenvalue weighted by molar-refractivity contribution is -0.242. The van der Waals surface area contributed by atoms with Gasteiger partial charge in [0.05, 0.1) is 21.3 Å². The van der Waals surface area contributed by atoms with E-state index in [1.807, 2.05) is 5.32 Å². The van der Waals surface area contributed by atoms with Crippen molar-refractivity contribution in [2.75, 3.05) is 10.0 Å². The molecule has 12 heteroatoms. The second kappa shape index (κ2) is 7.33. The van der Waals surface area contributed by atoms with Crippen LogP contribution < -0.4 is 10.0 Å². The van der Waals surface area contributed by atoms with E-state index in [0.717, 1.165) is 18.2 Å². The number of amides is 1. The summed E-state index contributed by atoms with van der Waals surface area (Å²) in [6, 6.07) is 5.81. The Morgan fingerprint density at radius 1 is 1.19 bits per heavy atom. The van der Waals surface area contributed by atoms with Gasteiger partial charge in [0, 0.05) is 12.4 Å². The van der Waals surface area contributed by atoms with Gasteiger partial charge >= 0.3 is 6.18 Å². The Balaban J connectivity index is 2.24. The van der Waals surface area contributed by atoms with Gasteiger partial charge in [-0.05, 0) is 37.3 Å². The van der Waals surface area contributed by atoms with Crippen molar-refractivity contribution in [2.24, 2.45) is 0 Å². The van der Waals surface area contributed by atoms with Gasteiger partial charge < -0.3 is 10.4 Å². The molecule has 0 spiro atoms. The summed E-state index contributed by atoms with van der Waals surface area (Å²) in [7, 11) is -4.04. The van der Waals surface area contributed by atoms with E-state index in [9.17, 15) is 31.5 Å². The van der Waals surface area contributed by atoms with Gasteiger partial charge in [-0.2, -0.15) is 13.2 Å². The van der Waals surface area contributed by atoms with Crippen LogP contribution in [0.15, 0.2) is 47.6 Å². The smallest absolute Gasteiger partial charge is 0.373 e. The molecule has 0 fully saturated rings. The first-order valence-electron chi connectivity index (χ1n) is 7.17. The van der Waals surface area contributed by atoms with Crippen molar-refractivity contribution in [1.82, 2.24) is 4.98 Å². The fourth-order valence-electron chi connectivity index (χ4n) is 1.77. The molecule has 2 rings (SSSR count). The molecule has 0 bridgehead atoms. The third kappa shape index (κ3) is 4.67. The van der Waals surface area contributed by atoms with Crippen molar-refractivity contribution in [3.63, 3.8) is 0 Å². The van der Waals surface area contributed by atoms with Crippen molar-refractivity contribution >= 4 is 38.9 Å². The fourth-order valence-corrected chi connectivity index (χ4v) is 3.15. The third-order valence-corrected chi connectivity index (χ3v) is 5.12. The molecule has 0 radical (unpaired) electrons.